The molecule has 1 atom stereocenters. The molecule has 1 amide bonds. The molecule has 0 aliphatic carbocycles. The van der Waals surface area contributed by atoms with E-state index in [1.807, 2.05) is 25.7 Å². The fourth-order valence-corrected chi connectivity index (χ4v) is 3.63. The molecule has 170 valence electrons. The third-order valence-corrected chi connectivity index (χ3v) is 5.14. The Morgan fingerprint density at radius 1 is 1.22 bits per heavy atom. The topological polar surface area (TPSA) is 109 Å². The molecule has 0 spiro atoms. The lowest BCUT2D eigenvalue weighted by atomic mass is 10.0. The van der Waals surface area contributed by atoms with Crippen LogP contribution < -0.4 is 11.1 Å². The number of esters is 1. The number of nitrogen functional groups attached to an aromatic ring is 1. The first kappa shape index (κ1) is 23.4. The van der Waals surface area contributed by atoms with Gasteiger partial charge in [-0.3, -0.25) is 19.9 Å². The van der Waals surface area contributed by atoms with Crippen molar-refractivity contribution in [3.8, 4) is 0 Å². The molecule has 1 unspecified atom stereocenters. The van der Waals surface area contributed by atoms with E-state index in [9.17, 15) is 14.0 Å². The van der Waals surface area contributed by atoms with Crippen molar-refractivity contribution in [3.05, 3.63) is 59.4 Å². The number of hydrogen-bond donors (Lipinski definition) is 3. The molecule has 0 aromatic heterocycles. The fraction of sp³-hybridized carbons (Fsp3) is 0.375. The molecule has 1 fully saturated rings. The smallest absolute Gasteiger partial charge is 0.320 e. The van der Waals surface area contributed by atoms with Gasteiger partial charge in [-0.2, -0.15) is 0 Å². The van der Waals surface area contributed by atoms with Gasteiger partial charge >= 0.3 is 5.97 Å². The van der Waals surface area contributed by atoms with Crippen molar-refractivity contribution in [2.45, 2.75) is 32.8 Å². The van der Waals surface area contributed by atoms with Crippen LogP contribution in [0.4, 0.5) is 15.8 Å². The van der Waals surface area contributed by atoms with Crippen molar-refractivity contribution >= 4 is 29.0 Å². The monoisotopic (exact) mass is 440 g/mol. The van der Waals surface area contributed by atoms with E-state index in [0.717, 1.165) is 0 Å². The minimum atomic E-state index is -0.535. The van der Waals surface area contributed by atoms with E-state index in [1.165, 1.54) is 24.3 Å². The predicted molar refractivity (Wildman–Crippen MR) is 122 cm³/mol. The van der Waals surface area contributed by atoms with Gasteiger partial charge in [0.15, 0.2) is 0 Å². The van der Waals surface area contributed by atoms with Crippen molar-refractivity contribution in [3.63, 3.8) is 0 Å². The van der Waals surface area contributed by atoms with Crippen molar-refractivity contribution in [2.24, 2.45) is 5.92 Å². The van der Waals surface area contributed by atoms with Crippen LogP contribution in [0.5, 0.6) is 0 Å². The average Bonchev–Trinajstić information content (AvgIpc) is 3.15. The van der Waals surface area contributed by atoms with E-state index in [4.69, 9.17) is 15.9 Å². The van der Waals surface area contributed by atoms with Crippen molar-refractivity contribution in [1.29, 1.82) is 5.41 Å². The minimum Gasteiger partial charge on any atom is -0.459 e. The Morgan fingerprint density at radius 2 is 1.91 bits per heavy atom. The Morgan fingerprint density at radius 3 is 2.53 bits per heavy atom. The molecule has 8 heteroatoms. The summed E-state index contributed by atoms with van der Waals surface area (Å²) in [4.78, 5) is 26.6. The Kier molecular flexibility index (Phi) is 6.93. The predicted octanol–water partition coefficient (Wildman–Crippen LogP) is 3.43. The first-order valence-electron chi connectivity index (χ1n) is 10.5. The van der Waals surface area contributed by atoms with Crippen LogP contribution in [0.2, 0.25) is 0 Å². The maximum atomic E-state index is 13.1. The highest BCUT2D eigenvalue weighted by Crippen LogP contribution is 2.24. The molecule has 0 saturated carbocycles. The summed E-state index contributed by atoms with van der Waals surface area (Å²) in [5, 5.41) is 11.2. The number of carbonyl (C=O) groups excluding carboxylic acids is 2. The molecule has 4 N–H and O–H groups in total. The number of carbonyl (C=O) groups is 2. The Labute approximate surface area is 187 Å². The highest BCUT2D eigenvalue weighted by atomic mass is 19.1. The molecular weight excluding hydrogens is 411 g/mol. The third-order valence-electron chi connectivity index (χ3n) is 5.14. The lowest BCUT2D eigenvalue weighted by Crippen LogP contribution is -2.34. The fourth-order valence-electron chi connectivity index (χ4n) is 3.63. The molecular formula is C24H29FN4O3. The van der Waals surface area contributed by atoms with Crippen LogP contribution in [-0.2, 0) is 14.3 Å². The van der Waals surface area contributed by atoms with Crippen molar-refractivity contribution < 1.29 is 18.7 Å². The molecule has 0 radical (unpaired) electrons. The van der Waals surface area contributed by atoms with Crippen LogP contribution in [0.1, 0.15) is 38.3 Å². The summed E-state index contributed by atoms with van der Waals surface area (Å²) < 4.78 is 18.5. The average molecular weight is 441 g/mol. The first-order chi connectivity index (χ1) is 15.0. The standard InChI is InChI=1S/C24H29FN4O3/c1-24(2,3)32-21(30)14-29-11-10-16(13-29)23(31)28-18-8-9-19(20(26)12-18)22(27)15-4-6-17(25)7-5-15/h4-9,12,16,27H,10-11,13-14,26H2,1-3H3,(H,28,31). The van der Waals surface area contributed by atoms with E-state index in [-0.39, 0.29) is 35.9 Å². The number of halogens is 1. The van der Waals surface area contributed by atoms with Gasteiger partial charge in [-0.1, -0.05) is 0 Å². The maximum Gasteiger partial charge on any atom is 0.320 e. The molecule has 7 nitrogen and oxygen atoms in total. The summed E-state index contributed by atoms with van der Waals surface area (Å²) >= 11 is 0. The van der Waals surface area contributed by atoms with E-state index in [1.54, 1.807) is 18.2 Å². The number of likely N-dealkylation sites (tertiary alicyclic amines) is 1. The van der Waals surface area contributed by atoms with Gasteiger partial charge in [0.05, 0.1) is 18.2 Å². The largest absolute Gasteiger partial charge is 0.459 e. The van der Waals surface area contributed by atoms with Gasteiger partial charge < -0.3 is 15.8 Å². The summed E-state index contributed by atoms with van der Waals surface area (Å²) in [6, 6.07) is 10.6. The number of anilines is 2. The summed E-state index contributed by atoms with van der Waals surface area (Å²) in [6.07, 6.45) is 0.650. The van der Waals surface area contributed by atoms with Gasteiger partial charge in [0.25, 0.3) is 0 Å². The lowest BCUT2D eigenvalue weighted by Gasteiger charge is -2.22. The Balaban J connectivity index is 1.58. The number of rotatable bonds is 6. The summed E-state index contributed by atoms with van der Waals surface area (Å²) in [6.45, 7) is 6.75. The van der Waals surface area contributed by atoms with Crippen LogP contribution in [0.15, 0.2) is 42.5 Å². The second-order valence-corrected chi connectivity index (χ2v) is 8.98. The minimum absolute atomic E-state index is 0.141. The normalized spacial score (nSPS) is 16.6. The molecule has 32 heavy (non-hydrogen) atoms. The molecule has 1 aliphatic heterocycles. The van der Waals surface area contributed by atoms with Crippen molar-refractivity contribution in [1.82, 2.24) is 4.90 Å². The number of nitrogens with one attached hydrogen (secondary N) is 2. The summed E-state index contributed by atoms with van der Waals surface area (Å²) in [5.74, 6) is -1.05. The Hall–Kier alpha value is -3.26. The summed E-state index contributed by atoms with van der Waals surface area (Å²) in [5.41, 5.74) is 7.68. The number of amides is 1. The zero-order valence-corrected chi connectivity index (χ0v) is 18.6. The first-order valence-corrected chi connectivity index (χ1v) is 10.5. The zero-order valence-electron chi connectivity index (χ0n) is 18.6. The van der Waals surface area contributed by atoms with E-state index in [2.05, 4.69) is 5.32 Å². The number of benzene rings is 2. The molecule has 1 aliphatic rings. The van der Waals surface area contributed by atoms with Crippen LogP contribution in [0, 0.1) is 17.1 Å². The number of ether oxygens (including phenoxy) is 1. The Bertz CT molecular complexity index is 1010. The molecule has 2 aromatic rings. The third kappa shape index (κ3) is 6.13. The van der Waals surface area contributed by atoms with E-state index >= 15 is 0 Å². The van der Waals surface area contributed by atoms with Gasteiger partial charge in [0, 0.05) is 29.0 Å². The second-order valence-electron chi connectivity index (χ2n) is 8.98. The van der Waals surface area contributed by atoms with Crippen LogP contribution in [-0.4, -0.2) is 47.7 Å². The molecule has 2 aromatic carbocycles. The number of nitrogens with zero attached hydrogens (tertiary/aromatic N) is 1. The van der Waals surface area contributed by atoms with Crippen LogP contribution in [0.3, 0.4) is 0 Å². The van der Waals surface area contributed by atoms with E-state index in [0.29, 0.717) is 42.0 Å². The highest BCUT2D eigenvalue weighted by molar-refractivity contribution is 6.14. The van der Waals surface area contributed by atoms with Gasteiger partial charge in [0.1, 0.15) is 11.4 Å². The van der Waals surface area contributed by atoms with Gasteiger partial charge in [-0.15, -0.1) is 0 Å². The quantitative estimate of drug-likeness (QED) is 0.362. The maximum absolute atomic E-state index is 13.1. The van der Waals surface area contributed by atoms with Gasteiger partial charge in [-0.05, 0) is 76.2 Å². The lowest BCUT2D eigenvalue weighted by molar-refractivity contribution is -0.156. The number of nitrogens with two attached hydrogens (primary N) is 1. The molecule has 1 heterocycles. The van der Waals surface area contributed by atoms with Crippen LogP contribution >= 0.6 is 0 Å². The molecule has 3 rings (SSSR count). The number of hydrogen-bond acceptors (Lipinski definition) is 6. The SMILES string of the molecule is CC(C)(C)OC(=O)CN1CCC(C(=O)Nc2ccc(C(=N)c3ccc(F)cc3)c(N)c2)C1. The zero-order chi connectivity index (χ0) is 23.5. The van der Waals surface area contributed by atoms with Gasteiger partial charge in [-0.25, -0.2) is 4.39 Å². The van der Waals surface area contributed by atoms with Crippen LogP contribution in [0.25, 0.3) is 0 Å². The van der Waals surface area contributed by atoms with Gasteiger partial charge in [0.2, 0.25) is 5.91 Å². The highest BCUT2D eigenvalue weighted by Gasteiger charge is 2.30. The van der Waals surface area contributed by atoms with E-state index < -0.39 is 5.60 Å². The summed E-state index contributed by atoms with van der Waals surface area (Å²) in [7, 11) is 0. The van der Waals surface area contributed by atoms with Crippen molar-refractivity contribution in [2.75, 3.05) is 30.7 Å². The molecule has 0 bridgehead atoms. The second kappa shape index (κ2) is 9.48. The molecule has 1 saturated heterocycles.